The van der Waals surface area contributed by atoms with Crippen molar-refractivity contribution in [2.75, 3.05) is 17.1 Å². The van der Waals surface area contributed by atoms with Crippen LogP contribution in [0.15, 0.2) is 22.7 Å². The van der Waals surface area contributed by atoms with Gasteiger partial charge in [0.15, 0.2) is 0 Å². The first-order chi connectivity index (χ1) is 8.46. The average Bonchev–Trinajstić information content (AvgIpc) is 2.75. The molecule has 1 N–H and O–H groups in total. The van der Waals surface area contributed by atoms with Gasteiger partial charge in [0.25, 0.3) is 0 Å². The van der Waals surface area contributed by atoms with Crippen LogP contribution in [0.4, 0.5) is 5.69 Å². The third-order valence-electron chi connectivity index (χ3n) is 2.62. The molecule has 1 aromatic rings. The van der Waals surface area contributed by atoms with Crippen molar-refractivity contribution in [3.8, 4) is 0 Å². The molecule has 100 valence electrons. The van der Waals surface area contributed by atoms with E-state index in [0.717, 1.165) is 20.9 Å². The van der Waals surface area contributed by atoms with Crippen LogP contribution in [0.1, 0.15) is 12.8 Å². The van der Waals surface area contributed by atoms with Crippen LogP contribution in [0.3, 0.4) is 0 Å². The van der Waals surface area contributed by atoms with E-state index >= 15 is 0 Å². The summed E-state index contributed by atoms with van der Waals surface area (Å²) in [5.41, 5.74) is 0.569. The molecule has 1 aromatic carbocycles. The molecule has 1 saturated heterocycles. The highest BCUT2D eigenvalue weighted by Gasteiger charge is 2.23. The van der Waals surface area contributed by atoms with E-state index in [1.807, 2.05) is 12.1 Å². The van der Waals surface area contributed by atoms with Gasteiger partial charge in [-0.3, -0.25) is 4.72 Å². The van der Waals surface area contributed by atoms with Gasteiger partial charge < -0.3 is 4.74 Å². The van der Waals surface area contributed by atoms with E-state index in [1.165, 1.54) is 0 Å². The highest BCUT2D eigenvalue weighted by atomic mass is 127. The maximum Gasteiger partial charge on any atom is 0.235 e. The minimum absolute atomic E-state index is 0.0188. The van der Waals surface area contributed by atoms with Crippen molar-refractivity contribution in [1.29, 1.82) is 0 Å². The molecule has 1 heterocycles. The summed E-state index contributed by atoms with van der Waals surface area (Å²) < 4.78 is 33.7. The zero-order valence-electron chi connectivity index (χ0n) is 9.53. The lowest BCUT2D eigenvalue weighted by atomic mass is 10.3. The number of anilines is 1. The summed E-state index contributed by atoms with van der Waals surface area (Å²) in [6.45, 7) is 0.660. The molecule has 0 aromatic heterocycles. The number of hydrogen-bond donors (Lipinski definition) is 1. The predicted molar refractivity (Wildman–Crippen MR) is 83.2 cm³/mol. The van der Waals surface area contributed by atoms with Crippen LogP contribution in [0.2, 0.25) is 0 Å². The fourth-order valence-corrected chi connectivity index (χ4v) is 4.11. The van der Waals surface area contributed by atoms with Crippen molar-refractivity contribution in [1.82, 2.24) is 0 Å². The number of hydrogen-bond acceptors (Lipinski definition) is 3. The third kappa shape index (κ3) is 4.07. The zero-order valence-corrected chi connectivity index (χ0v) is 14.1. The van der Waals surface area contributed by atoms with Crippen LogP contribution in [-0.4, -0.2) is 26.9 Å². The minimum Gasteiger partial charge on any atom is -0.377 e. The molecule has 1 atom stereocenters. The van der Waals surface area contributed by atoms with Crippen LogP contribution >= 0.6 is 38.5 Å². The molecule has 18 heavy (non-hydrogen) atoms. The maximum absolute atomic E-state index is 12.0. The van der Waals surface area contributed by atoms with Crippen LogP contribution in [-0.2, 0) is 14.8 Å². The molecule has 0 saturated carbocycles. The Morgan fingerprint density at radius 1 is 1.50 bits per heavy atom. The van der Waals surface area contributed by atoms with Gasteiger partial charge in [0.05, 0.1) is 17.5 Å². The molecule has 0 spiro atoms. The van der Waals surface area contributed by atoms with E-state index < -0.39 is 10.0 Å². The van der Waals surface area contributed by atoms with Gasteiger partial charge in [0.1, 0.15) is 0 Å². The van der Waals surface area contributed by atoms with E-state index in [-0.39, 0.29) is 11.9 Å². The van der Waals surface area contributed by atoms with Gasteiger partial charge >= 0.3 is 0 Å². The largest absolute Gasteiger partial charge is 0.377 e. The summed E-state index contributed by atoms with van der Waals surface area (Å²) in [4.78, 5) is 0. The molecule has 1 unspecified atom stereocenters. The summed E-state index contributed by atoms with van der Waals surface area (Å²) in [5.74, 6) is 0.0188. The summed E-state index contributed by atoms with van der Waals surface area (Å²) in [6.07, 6.45) is 1.57. The fourth-order valence-electron chi connectivity index (χ4n) is 1.81. The highest BCUT2D eigenvalue weighted by molar-refractivity contribution is 14.1. The number of benzene rings is 1. The second-order valence-corrected chi connectivity index (χ2v) is 8.01. The van der Waals surface area contributed by atoms with Crippen molar-refractivity contribution < 1.29 is 13.2 Å². The van der Waals surface area contributed by atoms with Crippen LogP contribution in [0, 0.1) is 3.57 Å². The highest BCUT2D eigenvalue weighted by Crippen LogP contribution is 2.26. The normalized spacial score (nSPS) is 20.0. The molecule has 7 heteroatoms. The molecule has 1 aliphatic rings. The smallest absolute Gasteiger partial charge is 0.235 e. The van der Waals surface area contributed by atoms with Gasteiger partial charge in [0, 0.05) is 14.6 Å². The molecular weight excluding hydrogens is 433 g/mol. The van der Waals surface area contributed by atoms with Crippen LogP contribution < -0.4 is 4.72 Å². The number of nitrogens with one attached hydrogen (secondary N) is 1. The van der Waals surface area contributed by atoms with Gasteiger partial charge in [-0.05, 0) is 69.6 Å². The summed E-state index contributed by atoms with van der Waals surface area (Å²) in [7, 11) is -3.37. The minimum atomic E-state index is -3.37. The topological polar surface area (TPSA) is 55.4 Å². The molecule has 0 radical (unpaired) electrons. The Morgan fingerprint density at radius 2 is 2.28 bits per heavy atom. The predicted octanol–water partition coefficient (Wildman–Crippen LogP) is 2.97. The number of sulfonamides is 1. The summed E-state index contributed by atoms with van der Waals surface area (Å²) >= 11 is 5.48. The standard InChI is InChI=1S/C11H13BrINO3S/c12-10-4-3-8(13)6-11(10)14-18(15,16)7-9-2-1-5-17-9/h3-4,6,9,14H,1-2,5,7H2. The molecule has 0 aliphatic carbocycles. The van der Waals surface area contributed by atoms with Crippen molar-refractivity contribution in [3.05, 3.63) is 26.2 Å². The van der Waals surface area contributed by atoms with Crippen molar-refractivity contribution in [3.63, 3.8) is 0 Å². The maximum atomic E-state index is 12.0. The lowest BCUT2D eigenvalue weighted by Gasteiger charge is -2.13. The van der Waals surface area contributed by atoms with Crippen LogP contribution in [0.5, 0.6) is 0 Å². The van der Waals surface area contributed by atoms with E-state index in [4.69, 9.17) is 4.74 Å². The Bertz CT molecular complexity index is 529. The van der Waals surface area contributed by atoms with Crippen LogP contribution in [0.25, 0.3) is 0 Å². The second kappa shape index (κ2) is 6.06. The molecular formula is C11H13BrINO3S. The molecule has 0 amide bonds. The van der Waals surface area contributed by atoms with Gasteiger partial charge in [-0.25, -0.2) is 8.42 Å². The summed E-state index contributed by atoms with van der Waals surface area (Å²) in [6, 6.07) is 5.52. The SMILES string of the molecule is O=S(=O)(CC1CCCO1)Nc1cc(I)ccc1Br. The van der Waals surface area contributed by atoms with E-state index in [0.29, 0.717) is 12.3 Å². The van der Waals surface area contributed by atoms with E-state index in [2.05, 4.69) is 43.2 Å². The number of ether oxygens (including phenoxy) is 1. The second-order valence-electron chi connectivity index (χ2n) is 4.14. The quantitative estimate of drug-likeness (QED) is 0.725. The lowest BCUT2D eigenvalue weighted by Crippen LogP contribution is -2.25. The van der Waals surface area contributed by atoms with Gasteiger partial charge in [0.2, 0.25) is 10.0 Å². The lowest BCUT2D eigenvalue weighted by molar-refractivity contribution is 0.127. The van der Waals surface area contributed by atoms with Gasteiger partial charge in [-0.2, -0.15) is 0 Å². The molecule has 4 nitrogen and oxygen atoms in total. The monoisotopic (exact) mass is 445 g/mol. The van der Waals surface area contributed by atoms with E-state index in [1.54, 1.807) is 6.07 Å². The zero-order chi connectivity index (χ0) is 13.2. The molecule has 0 bridgehead atoms. The molecule has 1 fully saturated rings. The Hall–Kier alpha value is 0.140. The number of halogens is 2. The Labute approximate surface area is 129 Å². The first kappa shape index (κ1) is 14.5. The average molecular weight is 446 g/mol. The Kier molecular flexibility index (Phi) is 4.90. The number of rotatable bonds is 4. The van der Waals surface area contributed by atoms with Crippen molar-refractivity contribution in [2.45, 2.75) is 18.9 Å². The van der Waals surface area contributed by atoms with E-state index in [9.17, 15) is 8.42 Å². The first-order valence-corrected chi connectivity index (χ1v) is 9.06. The first-order valence-electron chi connectivity index (χ1n) is 5.53. The Morgan fingerprint density at radius 3 is 2.94 bits per heavy atom. The molecule has 1 aliphatic heterocycles. The summed E-state index contributed by atoms with van der Waals surface area (Å²) in [5, 5.41) is 0. The van der Waals surface area contributed by atoms with Gasteiger partial charge in [-0.1, -0.05) is 0 Å². The molecule has 2 rings (SSSR count). The fraction of sp³-hybridized carbons (Fsp3) is 0.455. The van der Waals surface area contributed by atoms with Gasteiger partial charge in [-0.15, -0.1) is 0 Å². The third-order valence-corrected chi connectivity index (χ3v) is 5.33. The van der Waals surface area contributed by atoms with Crippen molar-refractivity contribution >= 4 is 54.2 Å². The Balaban J connectivity index is 2.09. The van der Waals surface area contributed by atoms with Crippen molar-refractivity contribution in [2.24, 2.45) is 0 Å².